The van der Waals surface area contributed by atoms with Crippen LogP contribution in [0.1, 0.15) is 20.8 Å². The number of rotatable bonds is 4. The van der Waals surface area contributed by atoms with E-state index in [0.29, 0.717) is 16.4 Å². The highest BCUT2D eigenvalue weighted by molar-refractivity contribution is 6.31. The number of hydrogen-bond donors (Lipinski definition) is 1. The van der Waals surface area contributed by atoms with Crippen molar-refractivity contribution in [2.45, 2.75) is 26.3 Å². The quantitative estimate of drug-likeness (QED) is 0.768. The lowest BCUT2D eigenvalue weighted by molar-refractivity contribution is -0.135. The van der Waals surface area contributed by atoms with Gasteiger partial charge >= 0.3 is 5.97 Å². The maximum Gasteiger partial charge on any atom is 0.323 e. The molecular formula is C18H19ClN4O2. The number of aliphatic carboxylic acids is 1. The highest BCUT2D eigenvalue weighted by Gasteiger charge is 2.26. The second-order valence-corrected chi connectivity index (χ2v) is 7.22. The molecule has 0 fully saturated rings. The Morgan fingerprint density at radius 1 is 1.32 bits per heavy atom. The minimum atomic E-state index is -0.910. The summed E-state index contributed by atoms with van der Waals surface area (Å²) in [5.74, 6) is -0.333. The Hall–Kier alpha value is -2.60. The highest BCUT2D eigenvalue weighted by Crippen LogP contribution is 2.30. The van der Waals surface area contributed by atoms with E-state index in [1.807, 2.05) is 49.7 Å². The van der Waals surface area contributed by atoms with Crippen LogP contribution in [0.5, 0.6) is 0 Å². The molecule has 0 bridgehead atoms. The van der Waals surface area contributed by atoms with Crippen molar-refractivity contribution in [3.8, 4) is 5.69 Å². The first-order chi connectivity index (χ1) is 11.8. The summed E-state index contributed by atoms with van der Waals surface area (Å²) in [5.41, 5.74) is 1.16. The molecule has 0 aliphatic rings. The van der Waals surface area contributed by atoms with Crippen LogP contribution in [-0.4, -0.2) is 37.7 Å². The second-order valence-electron chi connectivity index (χ2n) is 6.78. The molecule has 25 heavy (non-hydrogen) atoms. The summed E-state index contributed by atoms with van der Waals surface area (Å²) in [6, 6.07) is 7.38. The third kappa shape index (κ3) is 3.58. The van der Waals surface area contributed by atoms with Crippen molar-refractivity contribution >= 4 is 34.3 Å². The van der Waals surface area contributed by atoms with Gasteiger partial charge in [0.25, 0.3) is 0 Å². The predicted octanol–water partition coefficient (Wildman–Crippen LogP) is 3.76. The molecule has 130 valence electrons. The molecule has 0 saturated heterocycles. The van der Waals surface area contributed by atoms with Crippen molar-refractivity contribution < 1.29 is 9.90 Å². The van der Waals surface area contributed by atoms with Crippen LogP contribution in [-0.2, 0) is 4.79 Å². The number of carboxylic acid groups (broad SMARTS) is 1. The Morgan fingerprint density at radius 3 is 2.68 bits per heavy atom. The van der Waals surface area contributed by atoms with Crippen LogP contribution in [0.25, 0.3) is 16.6 Å². The van der Waals surface area contributed by atoms with Gasteiger partial charge in [-0.15, -0.1) is 0 Å². The number of carbonyl (C=O) groups is 1. The number of anilines is 1. The fourth-order valence-corrected chi connectivity index (χ4v) is 2.89. The van der Waals surface area contributed by atoms with Crippen molar-refractivity contribution in [1.82, 2.24) is 14.5 Å². The largest absolute Gasteiger partial charge is 0.480 e. The molecule has 1 aromatic carbocycles. The van der Waals surface area contributed by atoms with Crippen LogP contribution < -0.4 is 4.90 Å². The number of benzene rings is 1. The van der Waals surface area contributed by atoms with Crippen LogP contribution >= 0.6 is 11.6 Å². The van der Waals surface area contributed by atoms with Crippen molar-refractivity contribution in [2.75, 3.05) is 11.4 Å². The van der Waals surface area contributed by atoms with Crippen LogP contribution in [0.15, 0.2) is 43.0 Å². The maximum absolute atomic E-state index is 11.4. The van der Waals surface area contributed by atoms with Gasteiger partial charge in [0.2, 0.25) is 0 Å². The van der Waals surface area contributed by atoms with Crippen molar-refractivity contribution in [1.29, 1.82) is 0 Å². The molecule has 0 atom stereocenters. The van der Waals surface area contributed by atoms with Gasteiger partial charge in [0.05, 0.1) is 17.5 Å². The van der Waals surface area contributed by atoms with E-state index >= 15 is 0 Å². The van der Waals surface area contributed by atoms with Crippen LogP contribution in [0.4, 0.5) is 5.82 Å². The first kappa shape index (κ1) is 17.2. The molecule has 0 aliphatic heterocycles. The average Bonchev–Trinajstić information content (AvgIpc) is 3.04. The zero-order valence-electron chi connectivity index (χ0n) is 14.3. The SMILES string of the molecule is CC(C)(C)N(CC(=O)O)c1cc(-n2ccnc2)c2ccc(Cl)cc2n1. The minimum Gasteiger partial charge on any atom is -0.480 e. The molecule has 3 rings (SSSR count). The van der Waals surface area contributed by atoms with Crippen LogP contribution in [0.2, 0.25) is 5.02 Å². The molecular weight excluding hydrogens is 340 g/mol. The number of pyridine rings is 1. The lowest BCUT2D eigenvalue weighted by atomic mass is 10.1. The normalized spacial score (nSPS) is 11.7. The van der Waals surface area contributed by atoms with Crippen molar-refractivity contribution in [2.24, 2.45) is 0 Å². The van der Waals surface area contributed by atoms with Gasteiger partial charge < -0.3 is 14.6 Å². The number of carboxylic acids is 1. The second kappa shape index (κ2) is 6.37. The summed E-state index contributed by atoms with van der Waals surface area (Å²) in [4.78, 5) is 21.9. The van der Waals surface area contributed by atoms with Gasteiger partial charge in [-0.05, 0) is 39.0 Å². The van der Waals surface area contributed by atoms with Gasteiger partial charge in [-0.25, -0.2) is 9.97 Å². The predicted molar refractivity (Wildman–Crippen MR) is 98.6 cm³/mol. The summed E-state index contributed by atoms with van der Waals surface area (Å²) >= 11 is 6.14. The summed E-state index contributed by atoms with van der Waals surface area (Å²) in [6.45, 7) is 5.72. The molecule has 7 heteroatoms. The van der Waals surface area contributed by atoms with E-state index in [9.17, 15) is 9.90 Å². The molecule has 2 heterocycles. The molecule has 6 nitrogen and oxygen atoms in total. The van der Waals surface area contributed by atoms with Crippen LogP contribution in [0, 0.1) is 0 Å². The lowest BCUT2D eigenvalue weighted by Gasteiger charge is -2.35. The molecule has 0 saturated carbocycles. The van der Waals surface area contributed by atoms with Gasteiger partial charge in [-0.2, -0.15) is 0 Å². The molecule has 3 aromatic rings. The molecule has 1 N–H and O–H groups in total. The van der Waals surface area contributed by atoms with Crippen molar-refractivity contribution in [3.05, 3.63) is 48.0 Å². The maximum atomic E-state index is 11.4. The Balaban J connectivity index is 2.26. The highest BCUT2D eigenvalue weighted by atomic mass is 35.5. The molecule has 0 spiro atoms. The summed E-state index contributed by atoms with van der Waals surface area (Å²) < 4.78 is 1.88. The molecule has 2 aromatic heterocycles. The van der Waals surface area contributed by atoms with E-state index in [1.165, 1.54) is 0 Å². The Labute approximate surface area is 150 Å². The summed E-state index contributed by atoms with van der Waals surface area (Å²) in [7, 11) is 0. The van der Waals surface area contributed by atoms with Gasteiger partial charge in [0, 0.05) is 34.4 Å². The number of halogens is 1. The molecule has 0 radical (unpaired) electrons. The monoisotopic (exact) mass is 358 g/mol. The third-order valence-electron chi connectivity index (χ3n) is 3.90. The number of fused-ring (bicyclic) bond motifs is 1. The lowest BCUT2D eigenvalue weighted by Crippen LogP contribution is -2.45. The minimum absolute atomic E-state index is 0.147. The van der Waals surface area contributed by atoms with E-state index < -0.39 is 11.5 Å². The zero-order valence-corrected chi connectivity index (χ0v) is 15.0. The van der Waals surface area contributed by atoms with E-state index in [0.717, 1.165) is 11.1 Å². The Morgan fingerprint density at radius 2 is 2.08 bits per heavy atom. The fourth-order valence-electron chi connectivity index (χ4n) is 2.72. The Bertz CT molecular complexity index is 917. The van der Waals surface area contributed by atoms with Crippen molar-refractivity contribution in [3.63, 3.8) is 0 Å². The average molecular weight is 359 g/mol. The Kier molecular flexibility index (Phi) is 4.39. The van der Waals surface area contributed by atoms with E-state index in [-0.39, 0.29) is 6.54 Å². The standard InChI is InChI=1S/C18H19ClN4O2/c1-18(2,3)23(10-17(24)25)16-9-15(22-7-6-20-11-22)13-5-4-12(19)8-14(13)21-16/h4-9,11H,10H2,1-3H3,(H,24,25). The van der Waals surface area contributed by atoms with E-state index in [4.69, 9.17) is 11.6 Å². The smallest absolute Gasteiger partial charge is 0.323 e. The van der Waals surface area contributed by atoms with E-state index in [2.05, 4.69) is 9.97 Å². The van der Waals surface area contributed by atoms with Gasteiger partial charge in [0.1, 0.15) is 12.4 Å². The fraction of sp³-hybridized carbons (Fsp3) is 0.278. The number of nitrogens with zero attached hydrogens (tertiary/aromatic N) is 4. The molecule has 0 aliphatic carbocycles. The summed E-state index contributed by atoms with van der Waals surface area (Å²) in [5, 5.41) is 10.8. The number of hydrogen-bond acceptors (Lipinski definition) is 4. The first-order valence-electron chi connectivity index (χ1n) is 7.84. The van der Waals surface area contributed by atoms with Gasteiger partial charge in [-0.1, -0.05) is 11.6 Å². The molecule has 0 amide bonds. The van der Waals surface area contributed by atoms with Crippen LogP contribution in [0.3, 0.4) is 0 Å². The number of imidazole rings is 1. The first-order valence-corrected chi connectivity index (χ1v) is 8.21. The summed E-state index contributed by atoms with van der Waals surface area (Å²) in [6.07, 6.45) is 5.23. The van der Waals surface area contributed by atoms with E-state index in [1.54, 1.807) is 23.5 Å². The number of aromatic nitrogens is 3. The third-order valence-corrected chi connectivity index (χ3v) is 4.13. The molecule has 0 unspecified atom stereocenters. The van der Waals surface area contributed by atoms with Gasteiger partial charge in [0.15, 0.2) is 0 Å². The topological polar surface area (TPSA) is 71.2 Å². The van der Waals surface area contributed by atoms with Gasteiger partial charge in [-0.3, -0.25) is 4.79 Å². The zero-order chi connectivity index (χ0) is 18.2.